The molecule has 1 aliphatic heterocycles. The molecular formula is C13H17ClO4S. The van der Waals surface area contributed by atoms with Gasteiger partial charge in [0.25, 0.3) is 0 Å². The van der Waals surface area contributed by atoms with Gasteiger partial charge in [0.2, 0.25) is 0 Å². The van der Waals surface area contributed by atoms with Crippen LogP contribution in [0.1, 0.15) is 12.0 Å². The van der Waals surface area contributed by atoms with Crippen LogP contribution in [0.3, 0.4) is 0 Å². The van der Waals surface area contributed by atoms with Crippen LogP contribution in [-0.2, 0) is 15.3 Å². The number of hydrogen-bond donors (Lipinski definition) is 2. The zero-order valence-corrected chi connectivity index (χ0v) is 12.0. The Hall–Kier alpha value is -0.620. The first-order valence-corrected chi connectivity index (χ1v) is 8.32. The Morgan fingerprint density at radius 3 is 2.37 bits per heavy atom. The fourth-order valence-electron chi connectivity index (χ4n) is 2.79. The molecule has 1 fully saturated rings. The maximum Gasteiger partial charge on any atom is 0.150 e. The quantitative estimate of drug-likeness (QED) is 0.870. The Morgan fingerprint density at radius 1 is 1.26 bits per heavy atom. The second-order valence-corrected chi connectivity index (χ2v) is 7.69. The molecule has 1 saturated heterocycles. The average molecular weight is 305 g/mol. The van der Waals surface area contributed by atoms with Gasteiger partial charge in [0.15, 0.2) is 9.84 Å². The van der Waals surface area contributed by atoms with Gasteiger partial charge in [-0.3, -0.25) is 0 Å². The molecule has 0 spiro atoms. The van der Waals surface area contributed by atoms with E-state index in [4.69, 9.17) is 11.6 Å². The normalized spacial score (nSPS) is 22.6. The van der Waals surface area contributed by atoms with Crippen LogP contribution in [-0.4, -0.2) is 43.4 Å². The molecule has 1 heterocycles. The fraction of sp³-hybridized carbons (Fsp3) is 0.538. The van der Waals surface area contributed by atoms with Crippen molar-refractivity contribution in [1.82, 2.24) is 0 Å². The molecule has 1 aromatic carbocycles. The van der Waals surface area contributed by atoms with Crippen molar-refractivity contribution in [3.8, 4) is 0 Å². The van der Waals surface area contributed by atoms with Crippen LogP contribution in [0, 0.1) is 5.92 Å². The van der Waals surface area contributed by atoms with E-state index in [1.54, 1.807) is 24.3 Å². The molecule has 106 valence electrons. The zero-order chi connectivity index (χ0) is 14.1. The third-order valence-electron chi connectivity index (χ3n) is 3.99. The highest BCUT2D eigenvalue weighted by molar-refractivity contribution is 7.91. The van der Waals surface area contributed by atoms with E-state index in [0.717, 1.165) is 0 Å². The minimum Gasteiger partial charge on any atom is -0.395 e. The van der Waals surface area contributed by atoms with Crippen molar-refractivity contribution < 1.29 is 18.6 Å². The lowest BCUT2D eigenvalue weighted by molar-refractivity contribution is 0.0775. The predicted octanol–water partition coefficient (Wildman–Crippen LogP) is 0.997. The van der Waals surface area contributed by atoms with Crippen molar-refractivity contribution in [1.29, 1.82) is 0 Å². The van der Waals surface area contributed by atoms with Gasteiger partial charge in [0.05, 0.1) is 24.7 Å². The number of aliphatic hydroxyl groups is 2. The number of rotatable bonds is 4. The van der Waals surface area contributed by atoms with Crippen LogP contribution < -0.4 is 0 Å². The van der Waals surface area contributed by atoms with Crippen LogP contribution in [0.4, 0.5) is 0 Å². The molecule has 2 N–H and O–H groups in total. The first kappa shape index (κ1) is 14.8. The average Bonchev–Trinajstić information content (AvgIpc) is 2.74. The summed E-state index contributed by atoms with van der Waals surface area (Å²) >= 11 is 6.14. The lowest BCUT2D eigenvalue weighted by Crippen LogP contribution is -2.43. The molecule has 19 heavy (non-hydrogen) atoms. The highest BCUT2D eigenvalue weighted by Gasteiger charge is 2.46. The molecule has 1 aromatic rings. The molecule has 1 aliphatic rings. The van der Waals surface area contributed by atoms with Crippen LogP contribution >= 0.6 is 11.6 Å². The predicted molar refractivity (Wildman–Crippen MR) is 74.1 cm³/mol. The summed E-state index contributed by atoms with van der Waals surface area (Å²) in [5.74, 6) is -0.226. The van der Waals surface area contributed by atoms with E-state index in [2.05, 4.69) is 0 Å². The van der Waals surface area contributed by atoms with Gasteiger partial charge in [-0.1, -0.05) is 29.8 Å². The van der Waals surface area contributed by atoms with Crippen LogP contribution in [0.25, 0.3) is 0 Å². The van der Waals surface area contributed by atoms with Gasteiger partial charge in [-0.2, -0.15) is 0 Å². The Balaban J connectivity index is 2.47. The third kappa shape index (κ3) is 2.65. The third-order valence-corrected chi connectivity index (χ3v) is 6.09. The molecule has 0 saturated carbocycles. The second kappa shape index (κ2) is 5.40. The summed E-state index contributed by atoms with van der Waals surface area (Å²) in [5.41, 5.74) is -0.384. The van der Waals surface area contributed by atoms with E-state index in [1.165, 1.54) is 0 Å². The summed E-state index contributed by atoms with van der Waals surface area (Å²) in [6.07, 6.45) is 0.439. The topological polar surface area (TPSA) is 74.6 Å². The van der Waals surface area contributed by atoms with E-state index in [9.17, 15) is 18.6 Å². The minimum absolute atomic E-state index is 0.0145. The molecular weight excluding hydrogens is 288 g/mol. The summed E-state index contributed by atoms with van der Waals surface area (Å²) in [4.78, 5) is 0. The van der Waals surface area contributed by atoms with E-state index < -0.39 is 15.3 Å². The zero-order valence-electron chi connectivity index (χ0n) is 10.4. The Kier molecular flexibility index (Phi) is 4.20. The van der Waals surface area contributed by atoms with E-state index >= 15 is 0 Å². The number of hydrogen-bond acceptors (Lipinski definition) is 4. The summed E-state index contributed by atoms with van der Waals surface area (Å²) in [6.45, 7) is -0.652. The monoisotopic (exact) mass is 304 g/mol. The number of sulfone groups is 1. The van der Waals surface area contributed by atoms with Gasteiger partial charge in [-0.25, -0.2) is 8.42 Å². The van der Waals surface area contributed by atoms with E-state index in [-0.39, 0.29) is 30.6 Å². The summed E-state index contributed by atoms with van der Waals surface area (Å²) < 4.78 is 23.3. The highest BCUT2D eigenvalue weighted by Crippen LogP contribution is 2.41. The molecule has 2 rings (SSSR count). The van der Waals surface area contributed by atoms with Crippen molar-refractivity contribution in [3.05, 3.63) is 34.9 Å². The molecule has 1 atom stereocenters. The standard InChI is InChI=1S/C13H17ClO4S/c14-12-4-2-1-3-11(12)13(8-15,9-16)10-5-6-19(17,18)7-10/h1-4,10,15-16H,5-9H2. The first-order valence-electron chi connectivity index (χ1n) is 6.12. The Morgan fingerprint density at radius 2 is 1.89 bits per heavy atom. The summed E-state index contributed by atoms with van der Waals surface area (Å²) in [6, 6.07) is 6.95. The number of benzene rings is 1. The Bertz CT molecular complexity index is 552. The maximum atomic E-state index is 11.6. The van der Waals surface area contributed by atoms with Gasteiger partial charge in [-0.05, 0) is 24.0 Å². The fourth-order valence-corrected chi connectivity index (χ4v) is 5.03. The smallest absolute Gasteiger partial charge is 0.150 e. The van der Waals surface area contributed by atoms with Crippen LogP contribution in [0.2, 0.25) is 5.02 Å². The maximum absolute atomic E-state index is 11.6. The lowest BCUT2D eigenvalue weighted by Gasteiger charge is -2.36. The van der Waals surface area contributed by atoms with E-state index in [1.807, 2.05) is 0 Å². The second-order valence-electron chi connectivity index (χ2n) is 5.05. The highest BCUT2D eigenvalue weighted by atomic mass is 35.5. The van der Waals surface area contributed by atoms with Crippen molar-refractivity contribution >= 4 is 21.4 Å². The molecule has 4 nitrogen and oxygen atoms in total. The van der Waals surface area contributed by atoms with Crippen LogP contribution in [0.15, 0.2) is 24.3 Å². The van der Waals surface area contributed by atoms with Gasteiger partial charge < -0.3 is 10.2 Å². The van der Waals surface area contributed by atoms with Gasteiger partial charge in [0.1, 0.15) is 0 Å². The van der Waals surface area contributed by atoms with E-state index in [0.29, 0.717) is 17.0 Å². The van der Waals surface area contributed by atoms with Crippen molar-refractivity contribution in [2.75, 3.05) is 24.7 Å². The molecule has 0 amide bonds. The van der Waals surface area contributed by atoms with Crippen molar-refractivity contribution in [2.45, 2.75) is 11.8 Å². The summed E-state index contributed by atoms with van der Waals surface area (Å²) in [7, 11) is -3.08. The van der Waals surface area contributed by atoms with Crippen molar-refractivity contribution in [2.24, 2.45) is 5.92 Å². The SMILES string of the molecule is O=S1(=O)CCC(C(CO)(CO)c2ccccc2Cl)C1. The minimum atomic E-state index is -3.08. The largest absolute Gasteiger partial charge is 0.395 e. The van der Waals surface area contributed by atoms with Gasteiger partial charge >= 0.3 is 0 Å². The molecule has 0 aliphatic carbocycles. The van der Waals surface area contributed by atoms with Crippen molar-refractivity contribution in [3.63, 3.8) is 0 Å². The molecule has 0 aromatic heterocycles. The molecule has 6 heteroatoms. The van der Waals surface area contributed by atoms with Gasteiger partial charge in [0, 0.05) is 10.4 Å². The summed E-state index contributed by atoms with van der Waals surface area (Å²) in [5, 5.41) is 20.0. The Labute approximate surface area is 117 Å². The molecule has 0 radical (unpaired) electrons. The molecule has 1 unspecified atom stereocenters. The first-order chi connectivity index (χ1) is 8.95. The number of halogens is 1. The van der Waals surface area contributed by atoms with Crippen LogP contribution in [0.5, 0.6) is 0 Å². The number of aliphatic hydroxyl groups excluding tert-OH is 2. The lowest BCUT2D eigenvalue weighted by atomic mass is 9.71. The molecule has 0 bridgehead atoms. The van der Waals surface area contributed by atoms with Gasteiger partial charge in [-0.15, -0.1) is 0 Å².